The van der Waals surface area contributed by atoms with Gasteiger partial charge in [0.25, 0.3) is 5.91 Å². The molecule has 1 fully saturated rings. The highest BCUT2D eigenvalue weighted by Crippen LogP contribution is 2.36. The average Bonchev–Trinajstić information content (AvgIpc) is 3.37. The zero-order chi connectivity index (χ0) is 22.2. The van der Waals surface area contributed by atoms with Crippen LogP contribution >= 0.6 is 0 Å². The van der Waals surface area contributed by atoms with Gasteiger partial charge in [-0.15, -0.1) is 0 Å². The summed E-state index contributed by atoms with van der Waals surface area (Å²) in [5, 5.41) is 12.1. The summed E-state index contributed by atoms with van der Waals surface area (Å²) in [5.74, 6) is 0.370. The van der Waals surface area contributed by atoms with Gasteiger partial charge in [-0.05, 0) is 61.8 Å². The Hall–Kier alpha value is -3.12. The summed E-state index contributed by atoms with van der Waals surface area (Å²) in [4.78, 5) is 13.4. The van der Waals surface area contributed by atoms with Crippen LogP contribution in [0.4, 0.5) is 0 Å². The summed E-state index contributed by atoms with van der Waals surface area (Å²) in [7, 11) is 0. The van der Waals surface area contributed by atoms with Crippen molar-refractivity contribution in [1.29, 1.82) is 5.41 Å². The molecule has 3 aromatic rings. The highest BCUT2D eigenvalue weighted by Gasteiger charge is 2.27. The van der Waals surface area contributed by atoms with Crippen molar-refractivity contribution in [3.63, 3.8) is 0 Å². The summed E-state index contributed by atoms with van der Waals surface area (Å²) < 4.78 is 2.14. The molecule has 1 heterocycles. The lowest BCUT2D eigenvalue weighted by atomic mass is 9.92. The van der Waals surface area contributed by atoms with Gasteiger partial charge in [0.1, 0.15) is 11.5 Å². The second-order valence-electron chi connectivity index (χ2n) is 9.35. The number of nitrogen functional groups attached to an aromatic ring is 1. The average molecular weight is 430 g/mol. The van der Waals surface area contributed by atoms with E-state index in [0.717, 1.165) is 56.0 Å². The number of carbonyl (C=O) groups excluding carboxylic acids is 1. The fourth-order valence-corrected chi connectivity index (χ4v) is 5.39. The maximum absolute atomic E-state index is 13.4. The predicted molar refractivity (Wildman–Crippen MR) is 128 cm³/mol. The van der Waals surface area contributed by atoms with Crippen LogP contribution in [0.2, 0.25) is 0 Å². The molecule has 1 saturated carbocycles. The molecule has 2 aromatic carbocycles. The molecular weight excluding hydrogens is 398 g/mol. The molecule has 0 aliphatic heterocycles. The van der Waals surface area contributed by atoms with Crippen molar-refractivity contribution in [2.24, 2.45) is 11.5 Å². The largest absolute Gasteiger partial charge is 0.384 e. The molecule has 2 aliphatic rings. The molecule has 0 unspecified atom stereocenters. The lowest BCUT2D eigenvalue weighted by Crippen LogP contribution is -2.41. The van der Waals surface area contributed by atoms with Gasteiger partial charge in [0.2, 0.25) is 0 Å². The molecule has 32 heavy (non-hydrogen) atoms. The number of fused-ring (bicyclic) bond motifs is 2. The molecule has 0 radical (unpaired) electrons. The number of hydrogen-bond acceptors (Lipinski definition) is 3. The van der Waals surface area contributed by atoms with E-state index in [0.29, 0.717) is 17.2 Å². The number of benzene rings is 2. The number of nitrogens with zero attached hydrogens (tertiary/aromatic N) is 1. The molecule has 6 N–H and O–H groups in total. The van der Waals surface area contributed by atoms with Crippen LogP contribution < -0.4 is 16.8 Å². The Morgan fingerprint density at radius 1 is 1.06 bits per heavy atom. The molecule has 5 rings (SSSR count). The Morgan fingerprint density at radius 3 is 2.62 bits per heavy atom. The SMILES string of the molecule is N=C(N)c1ccc2cc(C(=O)N[C@H]3CC[C@H](N)CC3)n(C[C@H]3CCc4ccccc43)c2c1. The quantitative estimate of drug-likeness (QED) is 0.367. The zero-order valence-electron chi connectivity index (χ0n) is 18.3. The van der Waals surface area contributed by atoms with Crippen molar-refractivity contribution in [3.8, 4) is 0 Å². The number of nitrogens with two attached hydrogens (primary N) is 2. The standard InChI is InChI=1S/C26H31N5O/c27-20-9-11-21(12-10-20)30-26(32)24-13-17-6-7-18(25(28)29)14-23(17)31(24)15-19-8-5-16-3-1-2-4-22(16)19/h1-4,6-7,13-14,19-21H,5,8-12,15,27H2,(H3,28,29)(H,30,32)/t19-,20-,21-/m1/s1. The Kier molecular flexibility index (Phi) is 5.47. The van der Waals surface area contributed by atoms with Gasteiger partial charge in [-0.3, -0.25) is 10.2 Å². The lowest BCUT2D eigenvalue weighted by Gasteiger charge is -2.27. The van der Waals surface area contributed by atoms with Gasteiger partial charge in [-0.25, -0.2) is 0 Å². The Balaban J connectivity index is 1.50. The molecule has 2 aliphatic carbocycles. The number of carbonyl (C=O) groups is 1. The van der Waals surface area contributed by atoms with Gasteiger partial charge in [0, 0.05) is 41.0 Å². The number of nitrogens with one attached hydrogen (secondary N) is 2. The summed E-state index contributed by atoms with van der Waals surface area (Å²) in [6, 6.07) is 16.8. The molecule has 6 nitrogen and oxygen atoms in total. The number of aryl methyl sites for hydroxylation is 1. The van der Waals surface area contributed by atoms with Gasteiger partial charge < -0.3 is 21.4 Å². The Bertz CT molecular complexity index is 1170. The second kappa shape index (κ2) is 8.43. The van der Waals surface area contributed by atoms with E-state index < -0.39 is 0 Å². The molecule has 1 amide bonds. The molecule has 0 spiro atoms. The van der Waals surface area contributed by atoms with Crippen LogP contribution in [0.25, 0.3) is 10.9 Å². The highest BCUT2D eigenvalue weighted by atomic mass is 16.2. The van der Waals surface area contributed by atoms with E-state index in [1.165, 1.54) is 11.1 Å². The van der Waals surface area contributed by atoms with E-state index >= 15 is 0 Å². The monoisotopic (exact) mass is 429 g/mol. The van der Waals surface area contributed by atoms with E-state index in [2.05, 4.69) is 34.1 Å². The third-order valence-corrected chi connectivity index (χ3v) is 7.21. The van der Waals surface area contributed by atoms with Crippen LogP contribution in [0.3, 0.4) is 0 Å². The van der Waals surface area contributed by atoms with Crippen molar-refractivity contribution in [3.05, 3.63) is 70.9 Å². The highest BCUT2D eigenvalue weighted by molar-refractivity contribution is 6.02. The van der Waals surface area contributed by atoms with Gasteiger partial charge in [0.05, 0.1) is 0 Å². The van der Waals surface area contributed by atoms with Crippen LogP contribution in [-0.4, -0.2) is 28.4 Å². The zero-order valence-corrected chi connectivity index (χ0v) is 18.3. The number of hydrogen-bond donors (Lipinski definition) is 4. The topological polar surface area (TPSA) is 110 Å². The van der Waals surface area contributed by atoms with Gasteiger partial charge >= 0.3 is 0 Å². The molecule has 0 saturated heterocycles. The van der Waals surface area contributed by atoms with Crippen molar-refractivity contribution in [2.75, 3.05) is 0 Å². The first-order chi connectivity index (χ1) is 15.5. The summed E-state index contributed by atoms with van der Waals surface area (Å²) >= 11 is 0. The Labute approximate surface area is 188 Å². The molecule has 166 valence electrons. The first kappa shape index (κ1) is 20.8. The van der Waals surface area contributed by atoms with Gasteiger partial charge in [0.15, 0.2) is 0 Å². The first-order valence-corrected chi connectivity index (χ1v) is 11.6. The van der Waals surface area contributed by atoms with E-state index in [1.54, 1.807) is 0 Å². The van der Waals surface area contributed by atoms with Gasteiger partial charge in [-0.2, -0.15) is 0 Å². The van der Waals surface area contributed by atoms with Crippen LogP contribution in [0.1, 0.15) is 65.2 Å². The lowest BCUT2D eigenvalue weighted by molar-refractivity contribution is 0.0916. The summed E-state index contributed by atoms with van der Waals surface area (Å²) in [6.45, 7) is 0.736. The van der Waals surface area contributed by atoms with Crippen LogP contribution in [0.15, 0.2) is 48.5 Å². The van der Waals surface area contributed by atoms with Crippen molar-refractivity contribution >= 4 is 22.6 Å². The maximum Gasteiger partial charge on any atom is 0.268 e. The first-order valence-electron chi connectivity index (χ1n) is 11.6. The summed E-state index contributed by atoms with van der Waals surface area (Å²) in [5.41, 5.74) is 16.9. The predicted octanol–water partition coefficient (Wildman–Crippen LogP) is 3.66. The Morgan fingerprint density at radius 2 is 1.84 bits per heavy atom. The van der Waals surface area contributed by atoms with Gasteiger partial charge in [-0.1, -0.05) is 36.4 Å². The number of amidine groups is 1. The fraction of sp³-hybridized carbons (Fsp3) is 0.385. The van der Waals surface area contributed by atoms with Crippen LogP contribution in [0.5, 0.6) is 0 Å². The van der Waals surface area contributed by atoms with Crippen molar-refractivity contribution in [2.45, 2.75) is 63.1 Å². The fourth-order valence-electron chi connectivity index (χ4n) is 5.39. The molecule has 6 heteroatoms. The molecule has 0 bridgehead atoms. The normalized spacial score (nSPS) is 22.6. The van der Waals surface area contributed by atoms with Crippen LogP contribution in [0, 0.1) is 5.41 Å². The van der Waals surface area contributed by atoms with E-state index in [9.17, 15) is 4.79 Å². The van der Waals surface area contributed by atoms with E-state index in [1.807, 2.05) is 24.3 Å². The van der Waals surface area contributed by atoms with Crippen molar-refractivity contribution < 1.29 is 4.79 Å². The third kappa shape index (κ3) is 3.91. The second-order valence-corrected chi connectivity index (χ2v) is 9.35. The number of aromatic nitrogens is 1. The third-order valence-electron chi connectivity index (χ3n) is 7.21. The molecule has 1 aromatic heterocycles. The number of rotatable bonds is 5. The van der Waals surface area contributed by atoms with E-state index in [-0.39, 0.29) is 23.8 Å². The minimum Gasteiger partial charge on any atom is -0.384 e. The van der Waals surface area contributed by atoms with Crippen LogP contribution in [-0.2, 0) is 13.0 Å². The number of amides is 1. The molecule has 1 atom stereocenters. The maximum atomic E-state index is 13.4. The van der Waals surface area contributed by atoms with Crippen molar-refractivity contribution in [1.82, 2.24) is 9.88 Å². The minimum absolute atomic E-state index is 0.0303. The smallest absolute Gasteiger partial charge is 0.268 e. The summed E-state index contributed by atoms with van der Waals surface area (Å²) in [6.07, 6.45) is 5.91. The molecular formula is C26H31N5O. The van der Waals surface area contributed by atoms with E-state index in [4.69, 9.17) is 16.9 Å². The minimum atomic E-state index is -0.0303.